The van der Waals surface area contributed by atoms with E-state index in [1.807, 2.05) is 43.3 Å². The van der Waals surface area contributed by atoms with Crippen LogP contribution in [0.5, 0.6) is 0 Å². The zero-order valence-corrected chi connectivity index (χ0v) is 15.5. The molecule has 0 atom stereocenters. The summed E-state index contributed by atoms with van der Waals surface area (Å²) in [6.07, 6.45) is 4.20. The molecule has 0 aliphatic heterocycles. The van der Waals surface area contributed by atoms with E-state index in [0.717, 1.165) is 28.5 Å². The first kappa shape index (κ1) is 17.0. The van der Waals surface area contributed by atoms with Gasteiger partial charge in [-0.15, -0.1) is 10.2 Å². The molecule has 0 aliphatic carbocycles. The molecule has 0 saturated carbocycles. The van der Waals surface area contributed by atoms with Crippen molar-refractivity contribution in [2.24, 2.45) is 0 Å². The molecule has 0 spiro atoms. The van der Waals surface area contributed by atoms with E-state index in [1.54, 1.807) is 0 Å². The zero-order chi connectivity index (χ0) is 18.6. The fourth-order valence-electron chi connectivity index (χ4n) is 3.30. The minimum atomic E-state index is 0.843. The summed E-state index contributed by atoms with van der Waals surface area (Å²) in [7, 11) is 0. The fraction of sp³-hybridized carbons (Fsp3) is 0.0833. The highest BCUT2D eigenvalue weighted by Gasteiger charge is 2.18. The lowest BCUT2D eigenvalue weighted by atomic mass is 10.0. The molecule has 1 aromatic heterocycles. The number of nitrogens with zero attached hydrogens (tertiary/aromatic N) is 3. The zero-order valence-electron chi connectivity index (χ0n) is 15.5. The van der Waals surface area contributed by atoms with Gasteiger partial charge in [0, 0.05) is 11.1 Å². The number of aromatic nitrogens is 3. The van der Waals surface area contributed by atoms with Gasteiger partial charge in [-0.25, -0.2) is 0 Å². The van der Waals surface area contributed by atoms with E-state index in [0.29, 0.717) is 0 Å². The Morgan fingerprint density at radius 1 is 0.704 bits per heavy atom. The van der Waals surface area contributed by atoms with Crippen LogP contribution in [0.1, 0.15) is 18.1 Å². The average Bonchev–Trinajstić information content (AvgIpc) is 3.16. The standard InChI is InChI=1S/C24H21N3/c1-3-11-19-16-10-17-22(18(19)2)27-23(20-12-6-4-7-13-20)25-26-24(27)21-14-8-5-9-15-21/h3-17H,1-2H3/b11-3-. The van der Waals surface area contributed by atoms with Crippen molar-refractivity contribution in [2.75, 3.05) is 0 Å². The van der Waals surface area contributed by atoms with Crippen molar-refractivity contribution < 1.29 is 0 Å². The first-order valence-corrected chi connectivity index (χ1v) is 9.08. The molecule has 0 bridgehead atoms. The Morgan fingerprint density at radius 3 is 1.78 bits per heavy atom. The largest absolute Gasteiger partial charge is 0.275 e. The van der Waals surface area contributed by atoms with Gasteiger partial charge in [-0.1, -0.05) is 84.9 Å². The third-order valence-electron chi connectivity index (χ3n) is 4.66. The lowest BCUT2D eigenvalue weighted by molar-refractivity contribution is 1.05. The minimum Gasteiger partial charge on any atom is -0.275 e. The van der Waals surface area contributed by atoms with Gasteiger partial charge in [0.25, 0.3) is 0 Å². The summed E-state index contributed by atoms with van der Waals surface area (Å²) in [6, 6.07) is 26.8. The summed E-state index contributed by atoms with van der Waals surface area (Å²) in [5.74, 6) is 1.69. The molecule has 0 saturated heterocycles. The monoisotopic (exact) mass is 351 g/mol. The van der Waals surface area contributed by atoms with Crippen LogP contribution in [-0.4, -0.2) is 14.8 Å². The van der Waals surface area contributed by atoms with Crippen LogP contribution < -0.4 is 0 Å². The van der Waals surface area contributed by atoms with Gasteiger partial charge in [0.1, 0.15) is 0 Å². The van der Waals surface area contributed by atoms with E-state index in [4.69, 9.17) is 0 Å². The Balaban J connectivity index is 2.01. The Labute approximate surface area is 159 Å². The number of benzene rings is 3. The van der Waals surface area contributed by atoms with Crippen LogP contribution in [-0.2, 0) is 0 Å². The molecule has 0 unspecified atom stereocenters. The van der Waals surface area contributed by atoms with Crippen LogP contribution >= 0.6 is 0 Å². The molecule has 3 aromatic carbocycles. The van der Waals surface area contributed by atoms with E-state index >= 15 is 0 Å². The topological polar surface area (TPSA) is 30.7 Å². The fourth-order valence-corrected chi connectivity index (χ4v) is 3.30. The lowest BCUT2D eigenvalue weighted by Gasteiger charge is -2.15. The van der Waals surface area contributed by atoms with Crippen LogP contribution in [0.25, 0.3) is 34.5 Å². The molecule has 0 amide bonds. The number of rotatable bonds is 4. The summed E-state index contributed by atoms with van der Waals surface area (Å²) in [4.78, 5) is 0. The van der Waals surface area contributed by atoms with Gasteiger partial charge in [-0.05, 0) is 31.0 Å². The Kier molecular flexibility index (Phi) is 4.67. The highest BCUT2D eigenvalue weighted by Crippen LogP contribution is 2.31. The summed E-state index contributed by atoms with van der Waals surface area (Å²) in [6.45, 7) is 4.18. The van der Waals surface area contributed by atoms with Gasteiger partial charge >= 0.3 is 0 Å². The number of hydrogen-bond acceptors (Lipinski definition) is 2. The molecule has 0 aliphatic rings. The molecule has 27 heavy (non-hydrogen) atoms. The van der Waals surface area contributed by atoms with Crippen molar-refractivity contribution in [1.82, 2.24) is 14.8 Å². The van der Waals surface area contributed by atoms with Crippen LogP contribution in [0.15, 0.2) is 84.9 Å². The Hall–Kier alpha value is -3.46. The van der Waals surface area contributed by atoms with Crippen molar-refractivity contribution in [2.45, 2.75) is 13.8 Å². The molecule has 0 fully saturated rings. The van der Waals surface area contributed by atoms with Gasteiger partial charge in [0.15, 0.2) is 11.6 Å². The van der Waals surface area contributed by atoms with Gasteiger partial charge in [-0.3, -0.25) is 4.57 Å². The molecular formula is C24H21N3. The summed E-state index contributed by atoms with van der Waals surface area (Å²) in [5, 5.41) is 9.10. The van der Waals surface area contributed by atoms with Crippen LogP contribution in [0.4, 0.5) is 0 Å². The van der Waals surface area contributed by atoms with Crippen LogP contribution in [0, 0.1) is 6.92 Å². The van der Waals surface area contributed by atoms with E-state index in [1.165, 1.54) is 11.1 Å². The number of hydrogen-bond donors (Lipinski definition) is 0. The van der Waals surface area contributed by atoms with Crippen molar-refractivity contribution >= 4 is 6.08 Å². The second-order valence-corrected chi connectivity index (χ2v) is 6.41. The van der Waals surface area contributed by atoms with Gasteiger partial charge in [0.05, 0.1) is 5.69 Å². The van der Waals surface area contributed by atoms with Crippen molar-refractivity contribution in [3.63, 3.8) is 0 Å². The summed E-state index contributed by atoms with van der Waals surface area (Å²) < 4.78 is 2.16. The van der Waals surface area contributed by atoms with E-state index < -0.39 is 0 Å². The molecule has 0 radical (unpaired) electrons. The van der Waals surface area contributed by atoms with E-state index in [2.05, 4.69) is 76.3 Å². The minimum absolute atomic E-state index is 0.843. The van der Waals surface area contributed by atoms with E-state index in [9.17, 15) is 0 Å². The lowest BCUT2D eigenvalue weighted by Crippen LogP contribution is -2.03. The van der Waals surface area contributed by atoms with Crippen molar-refractivity contribution in [1.29, 1.82) is 0 Å². The Bertz CT molecular complexity index is 1020. The second-order valence-electron chi connectivity index (χ2n) is 6.41. The molecule has 3 heteroatoms. The predicted molar refractivity (Wildman–Crippen MR) is 112 cm³/mol. The first-order chi connectivity index (χ1) is 13.3. The molecule has 4 aromatic rings. The van der Waals surface area contributed by atoms with Crippen molar-refractivity contribution in [3.05, 3.63) is 96.1 Å². The highest BCUT2D eigenvalue weighted by molar-refractivity contribution is 5.69. The van der Waals surface area contributed by atoms with Crippen LogP contribution in [0.2, 0.25) is 0 Å². The molecule has 3 nitrogen and oxygen atoms in total. The maximum Gasteiger partial charge on any atom is 0.168 e. The Morgan fingerprint density at radius 2 is 1.26 bits per heavy atom. The maximum absolute atomic E-state index is 4.55. The maximum atomic E-state index is 4.55. The van der Waals surface area contributed by atoms with Gasteiger partial charge < -0.3 is 0 Å². The quantitative estimate of drug-likeness (QED) is 0.455. The van der Waals surface area contributed by atoms with Gasteiger partial charge in [-0.2, -0.15) is 0 Å². The summed E-state index contributed by atoms with van der Waals surface area (Å²) >= 11 is 0. The SMILES string of the molecule is C/C=C\c1cccc(-n2c(-c3ccccc3)nnc2-c2ccccc2)c1C. The third kappa shape index (κ3) is 3.20. The summed E-state index contributed by atoms with van der Waals surface area (Å²) in [5.41, 5.74) is 5.57. The molecule has 132 valence electrons. The highest BCUT2D eigenvalue weighted by atomic mass is 15.3. The third-order valence-corrected chi connectivity index (χ3v) is 4.66. The van der Waals surface area contributed by atoms with Crippen molar-refractivity contribution in [3.8, 4) is 28.5 Å². The van der Waals surface area contributed by atoms with Gasteiger partial charge in [0.2, 0.25) is 0 Å². The molecule has 1 heterocycles. The molecule has 4 rings (SSSR count). The number of allylic oxidation sites excluding steroid dienone is 1. The normalized spacial score (nSPS) is 11.2. The van der Waals surface area contributed by atoms with Crippen LogP contribution in [0.3, 0.4) is 0 Å². The predicted octanol–water partition coefficient (Wildman–Crippen LogP) is 5.94. The molecular weight excluding hydrogens is 330 g/mol. The van der Waals surface area contributed by atoms with E-state index in [-0.39, 0.29) is 0 Å². The molecule has 0 N–H and O–H groups in total. The smallest absolute Gasteiger partial charge is 0.168 e. The average molecular weight is 351 g/mol. The second kappa shape index (κ2) is 7.42. The first-order valence-electron chi connectivity index (χ1n) is 9.08.